The Balaban J connectivity index is 3.14. The molecule has 0 radical (unpaired) electrons. The Bertz CT molecular complexity index is 308. The third-order valence-electron chi connectivity index (χ3n) is 1.85. The molecule has 3 heteroatoms. The van der Waals surface area contributed by atoms with E-state index < -0.39 is 6.67 Å². The van der Waals surface area contributed by atoms with Crippen molar-refractivity contribution in [1.82, 2.24) is 0 Å². The first-order chi connectivity index (χ1) is 6.33. The van der Waals surface area contributed by atoms with E-state index in [-0.39, 0.29) is 6.42 Å². The number of benzene rings is 1. The number of methoxy groups -OCH3 is 1. The van der Waals surface area contributed by atoms with Crippen LogP contribution in [0.5, 0.6) is 5.75 Å². The fraction of sp³-hybridized carbons (Fsp3) is 0.300. The Morgan fingerprint density at radius 3 is 2.85 bits per heavy atom. The van der Waals surface area contributed by atoms with Crippen LogP contribution in [0.25, 0.3) is 0 Å². The summed E-state index contributed by atoms with van der Waals surface area (Å²) in [4.78, 5) is 0. The van der Waals surface area contributed by atoms with E-state index in [4.69, 9.17) is 10.00 Å². The fourth-order valence-electron chi connectivity index (χ4n) is 1.21. The molecule has 13 heavy (non-hydrogen) atoms. The molecule has 0 aliphatic rings. The molecule has 68 valence electrons. The van der Waals surface area contributed by atoms with Crippen molar-refractivity contribution in [2.75, 3.05) is 7.11 Å². The van der Waals surface area contributed by atoms with Gasteiger partial charge in [-0.25, -0.2) is 4.39 Å². The molecule has 0 unspecified atom stereocenters. The molecule has 0 aliphatic heterocycles. The van der Waals surface area contributed by atoms with Crippen LogP contribution >= 0.6 is 0 Å². The summed E-state index contributed by atoms with van der Waals surface area (Å²) in [7, 11) is 1.51. The Labute approximate surface area is 76.6 Å². The van der Waals surface area contributed by atoms with Crippen molar-refractivity contribution in [3.05, 3.63) is 29.3 Å². The maximum atomic E-state index is 12.5. The zero-order valence-corrected chi connectivity index (χ0v) is 7.38. The fourth-order valence-corrected chi connectivity index (χ4v) is 1.21. The molecule has 0 aromatic heterocycles. The molecule has 1 aromatic rings. The number of hydrogen-bond donors (Lipinski definition) is 0. The molecule has 2 nitrogen and oxygen atoms in total. The minimum absolute atomic E-state index is 0.184. The van der Waals surface area contributed by atoms with Gasteiger partial charge >= 0.3 is 0 Å². The first-order valence-electron chi connectivity index (χ1n) is 3.91. The molecule has 0 fully saturated rings. The second-order valence-corrected chi connectivity index (χ2v) is 2.57. The summed E-state index contributed by atoms with van der Waals surface area (Å²) >= 11 is 0. The zero-order chi connectivity index (χ0) is 9.68. The maximum Gasteiger partial charge on any atom is 0.123 e. The van der Waals surface area contributed by atoms with Gasteiger partial charge in [0.15, 0.2) is 0 Å². The number of halogens is 1. The number of ether oxygens (including phenoxy) is 1. The van der Waals surface area contributed by atoms with E-state index in [0.717, 1.165) is 0 Å². The molecule has 1 aromatic carbocycles. The molecule has 0 amide bonds. The third kappa shape index (κ3) is 1.97. The lowest BCUT2D eigenvalue weighted by molar-refractivity contribution is 0.407. The largest absolute Gasteiger partial charge is 0.496 e. The van der Waals surface area contributed by atoms with Gasteiger partial charge in [0.2, 0.25) is 0 Å². The van der Waals surface area contributed by atoms with Gasteiger partial charge in [0, 0.05) is 5.56 Å². The van der Waals surface area contributed by atoms with Gasteiger partial charge in [-0.2, -0.15) is 5.26 Å². The van der Waals surface area contributed by atoms with E-state index in [1.807, 2.05) is 6.07 Å². The summed E-state index contributed by atoms with van der Waals surface area (Å²) < 4.78 is 17.5. The van der Waals surface area contributed by atoms with E-state index in [0.29, 0.717) is 16.9 Å². The average molecular weight is 179 g/mol. The summed E-state index contributed by atoms with van der Waals surface area (Å²) in [5, 5.41) is 8.53. The number of rotatable bonds is 3. The quantitative estimate of drug-likeness (QED) is 0.712. The van der Waals surface area contributed by atoms with Crippen LogP contribution in [0, 0.1) is 11.3 Å². The average Bonchev–Trinajstić information content (AvgIpc) is 2.18. The normalized spacial score (nSPS) is 9.31. The summed E-state index contributed by atoms with van der Waals surface area (Å²) in [6, 6.07) is 7.09. The SMILES string of the molecule is COc1cccc(CF)c1CC#N. The van der Waals surface area contributed by atoms with E-state index in [1.54, 1.807) is 18.2 Å². The Morgan fingerprint density at radius 2 is 2.31 bits per heavy atom. The van der Waals surface area contributed by atoms with Crippen LogP contribution < -0.4 is 4.74 Å². The molecule has 0 aliphatic carbocycles. The van der Waals surface area contributed by atoms with Gasteiger partial charge in [-0.15, -0.1) is 0 Å². The Hall–Kier alpha value is -1.56. The van der Waals surface area contributed by atoms with Crippen LogP contribution in [0.15, 0.2) is 18.2 Å². The Kier molecular flexibility index (Phi) is 3.27. The van der Waals surface area contributed by atoms with E-state index in [2.05, 4.69) is 0 Å². The highest BCUT2D eigenvalue weighted by molar-refractivity contribution is 5.41. The minimum Gasteiger partial charge on any atom is -0.496 e. The molecule has 1 rings (SSSR count). The van der Waals surface area contributed by atoms with Gasteiger partial charge in [0.1, 0.15) is 12.4 Å². The van der Waals surface area contributed by atoms with Crippen LogP contribution in [0.3, 0.4) is 0 Å². The molecule has 0 bridgehead atoms. The van der Waals surface area contributed by atoms with Crippen molar-refractivity contribution in [1.29, 1.82) is 5.26 Å². The van der Waals surface area contributed by atoms with Crippen LogP contribution in [-0.4, -0.2) is 7.11 Å². The van der Waals surface area contributed by atoms with Gasteiger partial charge in [0.05, 0.1) is 19.6 Å². The van der Waals surface area contributed by atoms with Gasteiger partial charge in [-0.3, -0.25) is 0 Å². The first kappa shape index (κ1) is 9.53. The number of hydrogen-bond acceptors (Lipinski definition) is 2. The van der Waals surface area contributed by atoms with Gasteiger partial charge in [-0.1, -0.05) is 12.1 Å². The predicted molar refractivity (Wildman–Crippen MR) is 47.1 cm³/mol. The zero-order valence-electron chi connectivity index (χ0n) is 7.38. The van der Waals surface area contributed by atoms with Crippen molar-refractivity contribution in [2.24, 2.45) is 0 Å². The van der Waals surface area contributed by atoms with Crippen molar-refractivity contribution < 1.29 is 9.13 Å². The van der Waals surface area contributed by atoms with E-state index in [9.17, 15) is 4.39 Å². The smallest absolute Gasteiger partial charge is 0.123 e. The minimum atomic E-state index is -0.561. The van der Waals surface area contributed by atoms with Gasteiger partial charge in [0.25, 0.3) is 0 Å². The van der Waals surface area contributed by atoms with Gasteiger partial charge < -0.3 is 4.74 Å². The molecular weight excluding hydrogens is 169 g/mol. The molecule has 0 spiro atoms. The second-order valence-electron chi connectivity index (χ2n) is 2.57. The molecule has 0 atom stereocenters. The summed E-state index contributed by atoms with van der Waals surface area (Å²) in [5.74, 6) is 0.580. The van der Waals surface area contributed by atoms with Crippen LogP contribution in [-0.2, 0) is 13.1 Å². The monoisotopic (exact) mass is 179 g/mol. The number of nitriles is 1. The Morgan fingerprint density at radius 1 is 1.54 bits per heavy atom. The van der Waals surface area contributed by atoms with Crippen LogP contribution in [0.2, 0.25) is 0 Å². The van der Waals surface area contributed by atoms with E-state index >= 15 is 0 Å². The molecule has 0 saturated carbocycles. The van der Waals surface area contributed by atoms with Crippen molar-refractivity contribution in [3.8, 4) is 11.8 Å². The molecule has 0 saturated heterocycles. The highest BCUT2D eigenvalue weighted by atomic mass is 19.1. The second kappa shape index (κ2) is 4.46. The molecule has 0 N–H and O–H groups in total. The molecular formula is C10H10FNO. The van der Waals surface area contributed by atoms with E-state index in [1.165, 1.54) is 7.11 Å². The third-order valence-corrected chi connectivity index (χ3v) is 1.85. The highest BCUT2D eigenvalue weighted by Gasteiger charge is 2.07. The summed E-state index contributed by atoms with van der Waals surface area (Å²) in [6.07, 6.45) is 0.184. The topological polar surface area (TPSA) is 33.0 Å². The van der Waals surface area contributed by atoms with Gasteiger partial charge in [-0.05, 0) is 11.6 Å². The standard InChI is InChI=1S/C10H10FNO/c1-13-10-4-2-3-8(7-11)9(10)5-6-12/h2-4H,5,7H2,1H3. The summed E-state index contributed by atoms with van der Waals surface area (Å²) in [6.45, 7) is -0.561. The summed E-state index contributed by atoms with van der Waals surface area (Å²) in [5.41, 5.74) is 1.18. The lowest BCUT2D eigenvalue weighted by Gasteiger charge is -2.08. The van der Waals surface area contributed by atoms with Crippen molar-refractivity contribution in [3.63, 3.8) is 0 Å². The highest BCUT2D eigenvalue weighted by Crippen LogP contribution is 2.23. The number of nitrogens with zero attached hydrogens (tertiary/aromatic N) is 1. The molecule has 0 heterocycles. The maximum absolute atomic E-state index is 12.5. The lowest BCUT2D eigenvalue weighted by Crippen LogP contribution is -1.95. The predicted octanol–water partition coefficient (Wildman–Crippen LogP) is 2.23. The first-order valence-corrected chi connectivity index (χ1v) is 3.91. The lowest BCUT2D eigenvalue weighted by atomic mass is 10.0. The van der Waals surface area contributed by atoms with Crippen molar-refractivity contribution >= 4 is 0 Å². The van der Waals surface area contributed by atoms with Crippen LogP contribution in [0.4, 0.5) is 4.39 Å². The van der Waals surface area contributed by atoms with Crippen molar-refractivity contribution in [2.45, 2.75) is 13.1 Å². The van der Waals surface area contributed by atoms with Crippen LogP contribution in [0.1, 0.15) is 11.1 Å². The number of alkyl halides is 1.